The third kappa shape index (κ3) is 4.00. The summed E-state index contributed by atoms with van der Waals surface area (Å²) in [5.41, 5.74) is 4.99. The van der Waals surface area contributed by atoms with Gasteiger partial charge in [-0.05, 0) is 42.4 Å². The Kier molecular flexibility index (Phi) is 5.14. The highest BCUT2D eigenvalue weighted by molar-refractivity contribution is 6.02. The number of benzene rings is 1. The van der Waals surface area contributed by atoms with Gasteiger partial charge in [0.2, 0.25) is 5.95 Å². The summed E-state index contributed by atoms with van der Waals surface area (Å²) in [5.74, 6) is 0.898. The smallest absolute Gasteiger partial charge is 0.222 e. The molecule has 1 aliphatic carbocycles. The molecule has 2 heterocycles. The minimum Gasteiger partial charge on any atom is -0.411 e. The van der Waals surface area contributed by atoms with Crippen LogP contribution in [0.25, 0.3) is 0 Å². The Morgan fingerprint density at radius 3 is 2.85 bits per heavy atom. The Hall–Kier alpha value is -3.15. The molecule has 27 heavy (non-hydrogen) atoms. The first-order valence-corrected chi connectivity index (χ1v) is 9.31. The van der Waals surface area contributed by atoms with Crippen LogP contribution in [0.4, 0.5) is 5.95 Å². The third-order valence-corrected chi connectivity index (χ3v) is 5.04. The van der Waals surface area contributed by atoms with Gasteiger partial charge in [-0.15, -0.1) is 0 Å². The molecule has 3 N–H and O–H groups in total. The van der Waals surface area contributed by atoms with Gasteiger partial charge < -0.3 is 15.5 Å². The molecule has 1 aliphatic rings. The number of aryl methyl sites for hydroxylation is 1. The van der Waals surface area contributed by atoms with Crippen molar-refractivity contribution in [3.63, 3.8) is 0 Å². The van der Waals surface area contributed by atoms with E-state index in [4.69, 9.17) is 4.98 Å². The van der Waals surface area contributed by atoms with Crippen LogP contribution in [-0.4, -0.2) is 32.4 Å². The van der Waals surface area contributed by atoms with Crippen LogP contribution in [0, 0.1) is 0 Å². The molecule has 0 bridgehead atoms. The van der Waals surface area contributed by atoms with Gasteiger partial charge in [-0.2, -0.15) is 0 Å². The number of anilines is 1. The van der Waals surface area contributed by atoms with Gasteiger partial charge in [0.25, 0.3) is 0 Å². The van der Waals surface area contributed by atoms with E-state index in [1.165, 1.54) is 11.1 Å². The molecular formula is C21H23N5O. The van der Waals surface area contributed by atoms with E-state index in [-0.39, 0.29) is 5.92 Å². The largest absolute Gasteiger partial charge is 0.411 e. The van der Waals surface area contributed by atoms with Crippen molar-refractivity contribution in [3.05, 3.63) is 77.4 Å². The Bertz CT molecular complexity index is 906. The fourth-order valence-corrected chi connectivity index (χ4v) is 3.61. The average molecular weight is 361 g/mol. The van der Waals surface area contributed by atoms with Crippen molar-refractivity contribution in [1.29, 1.82) is 0 Å². The van der Waals surface area contributed by atoms with Crippen molar-refractivity contribution >= 4 is 11.7 Å². The lowest BCUT2D eigenvalue weighted by molar-refractivity contribution is 0.316. The molecule has 0 spiro atoms. The molecule has 1 unspecified atom stereocenters. The predicted octanol–water partition coefficient (Wildman–Crippen LogP) is 3.76. The Morgan fingerprint density at radius 2 is 2.07 bits per heavy atom. The lowest BCUT2D eigenvalue weighted by atomic mass is 9.82. The number of rotatable bonds is 6. The van der Waals surface area contributed by atoms with Crippen molar-refractivity contribution in [1.82, 2.24) is 15.0 Å². The van der Waals surface area contributed by atoms with Gasteiger partial charge in [0.05, 0.1) is 11.4 Å². The second-order valence-electron chi connectivity index (χ2n) is 6.87. The average Bonchev–Trinajstić information content (AvgIpc) is 3.24. The summed E-state index contributed by atoms with van der Waals surface area (Å²) in [6.45, 7) is 0.813. The summed E-state index contributed by atoms with van der Waals surface area (Å²) in [4.78, 5) is 12.2. The van der Waals surface area contributed by atoms with Crippen molar-refractivity contribution < 1.29 is 5.21 Å². The summed E-state index contributed by atoms with van der Waals surface area (Å²) in [6, 6.07) is 12.4. The van der Waals surface area contributed by atoms with Gasteiger partial charge in [0, 0.05) is 37.1 Å². The number of aromatic nitrogens is 3. The van der Waals surface area contributed by atoms with E-state index in [1.54, 1.807) is 6.20 Å². The van der Waals surface area contributed by atoms with E-state index in [2.05, 4.69) is 38.6 Å². The summed E-state index contributed by atoms with van der Waals surface area (Å²) >= 11 is 0. The number of nitrogens with zero attached hydrogens (tertiary/aromatic N) is 3. The van der Waals surface area contributed by atoms with Gasteiger partial charge in [0.15, 0.2) is 0 Å². The number of H-pyrrole nitrogens is 1. The highest BCUT2D eigenvalue weighted by Gasteiger charge is 2.27. The van der Waals surface area contributed by atoms with Crippen LogP contribution in [0.15, 0.2) is 60.1 Å². The zero-order valence-electron chi connectivity index (χ0n) is 15.1. The fourth-order valence-electron chi connectivity index (χ4n) is 3.61. The van der Waals surface area contributed by atoms with Crippen molar-refractivity contribution in [2.75, 3.05) is 11.9 Å². The van der Waals surface area contributed by atoms with Crippen LogP contribution in [0.1, 0.15) is 41.1 Å². The SMILES string of the molecule is O/N=C1\CC(c2ccccc2)Cc2nc(NCCCc3cc[nH]c3)ncc21. The highest BCUT2D eigenvalue weighted by Crippen LogP contribution is 2.32. The number of oxime groups is 1. The predicted molar refractivity (Wildman–Crippen MR) is 105 cm³/mol. The summed E-state index contributed by atoms with van der Waals surface area (Å²) in [6.07, 6.45) is 9.27. The summed E-state index contributed by atoms with van der Waals surface area (Å²) < 4.78 is 0. The van der Waals surface area contributed by atoms with Gasteiger partial charge >= 0.3 is 0 Å². The maximum absolute atomic E-state index is 9.45. The Balaban J connectivity index is 1.45. The van der Waals surface area contributed by atoms with Crippen LogP contribution in [0.5, 0.6) is 0 Å². The lowest BCUT2D eigenvalue weighted by Crippen LogP contribution is -2.22. The minimum absolute atomic E-state index is 0.265. The van der Waals surface area contributed by atoms with Gasteiger partial charge in [-0.1, -0.05) is 35.5 Å². The minimum atomic E-state index is 0.265. The molecule has 1 atom stereocenters. The first kappa shape index (κ1) is 17.3. The Morgan fingerprint density at radius 1 is 1.19 bits per heavy atom. The molecule has 0 amide bonds. The summed E-state index contributed by atoms with van der Waals surface area (Å²) in [7, 11) is 0. The van der Waals surface area contributed by atoms with Crippen molar-refractivity contribution in [2.24, 2.45) is 5.16 Å². The molecule has 4 rings (SSSR count). The van der Waals surface area contributed by atoms with Crippen LogP contribution in [0.3, 0.4) is 0 Å². The van der Waals surface area contributed by atoms with Crippen LogP contribution < -0.4 is 5.32 Å². The molecule has 6 heteroatoms. The van der Waals surface area contributed by atoms with Crippen LogP contribution in [-0.2, 0) is 12.8 Å². The van der Waals surface area contributed by atoms with Crippen LogP contribution in [0.2, 0.25) is 0 Å². The zero-order chi connectivity index (χ0) is 18.5. The first-order valence-electron chi connectivity index (χ1n) is 9.31. The third-order valence-electron chi connectivity index (χ3n) is 5.04. The molecule has 2 aromatic heterocycles. The summed E-state index contributed by atoms with van der Waals surface area (Å²) in [5, 5.41) is 16.3. The molecule has 0 radical (unpaired) electrons. The monoisotopic (exact) mass is 361 g/mol. The van der Waals surface area contributed by atoms with Crippen molar-refractivity contribution in [3.8, 4) is 0 Å². The van der Waals surface area contributed by atoms with Crippen LogP contribution >= 0.6 is 0 Å². The topological polar surface area (TPSA) is 86.2 Å². The van der Waals surface area contributed by atoms with Crippen molar-refractivity contribution in [2.45, 2.75) is 31.6 Å². The Labute approximate surface area is 158 Å². The van der Waals surface area contributed by atoms with E-state index in [1.807, 2.05) is 30.6 Å². The molecule has 0 saturated heterocycles. The fraction of sp³-hybridized carbons (Fsp3) is 0.286. The molecular weight excluding hydrogens is 338 g/mol. The second-order valence-corrected chi connectivity index (χ2v) is 6.87. The number of nitrogens with one attached hydrogen (secondary N) is 2. The molecule has 0 saturated carbocycles. The molecule has 1 aromatic carbocycles. The normalized spacial score (nSPS) is 17.6. The van der Waals surface area contributed by atoms with E-state index in [0.29, 0.717) is 18.1 Å². The van der Waals surface area contributed by atoms with E-state index < -0.39 is 0 Å². The number of fused-ring (bicyclic) bond motifs is 1. The number of hydrogen-bond acceptors (Lipinski definition) is 5. The number of hydrogen-bond donors (Lipinski definition) is 3. The highest BCUT2D eigenvalue weighted by atomic mass is 16.4. The van der Waals surface area contributed by atoms with E-state index in [0.717, 1.165) is 37.1 Å². The molecule has 3 aromatic rings. The standard InChI is InChI=1S/C21H23N5O/c27-26-20-12-17(16-6-2-1-3-7-16)11-19-18(20)14-24-21(25-19)23-9-4-5-15-8-10-22-13-15/h1-3,6-8,10,13-14,17,22,27H,4-5,9,11-12H2,(H,23,24,25)/b26-20+. The second kappa shape index (κ2) is 8.03. The maximum Gasteiger partial charge on any atom is 0.222 e. The quantitative estimate of drug-likeness (QED) is 0.354. The van der Waals surface area contributed by atoms with E-state index >= 15 is 0 Å². The molecule has 0 fully saturated rings. The van der Waals surface area contributed by atoms with Gasteiger partial charge in [-0.3, -0.25) is 0 Å². The molecule has 6 nitrogen and oxygen atoms in total. The van der Waals surface area contributed by atoms with Gasteiger partial charge in [0.1, 0.15) is 0 Å². The zero-order valence-corrected chi connectivity index (χ0v) is 15.1. The van der Waals surface area contributed by atoms with Gasteiger partial charge in [-0.25, -0.2) is 9.97 Å². The molecule has 0 aliphatic heterocycles. The first-order chi connectivity index (χ1) is 13.3. The van der Waals surface area contributed by atoms with E-state index in [9.17, 15) is 5.21 Å². The number of aromatic amines is 1. The maximum atomic E-state index is 9.45. The molecule has 138 valence electrons. The lowest BCUT2D eigenvalue weighted by Gasteiger charge is -2.25.